The highest BCUT2D eigenvalue weighted by Crippen LogP contribution is 2.24. The molecule has 0 amide bonds. The van der Waals surface area contributed by atoms with E-state index in [2.05, 4.69) is 9.82 Å². The third kappa shape index (κ3) is 3.56. The first-order chi connectivity index (χ1) is 9.40. The number of nitrogens with one attached hydrogen (secondary N) is 1. The van der Waals surface area contributed by atoms with Gasteiger partial charge in [0.1, 0.15) is 11.4 Å². The molecule has 8 nitrogen and oxygen atoms in total. The second-order valence-corrected chi connectivity index (χ2v) is 6.35. The standard InChI is InChI=1S/C11H17N3O5S/c1-2-19-9-3-8(4-9)13-20(17,18)10-5-12-14(6-10)7-11(15)16/h5-6,8-9,13H,2-4,7H2,1H3,(H,15,16). The van der Waals surface area contributed by atoms with E-state index in [9.17, 15) is 13.2 Å². The van der Waals surface area contributed by atoms with Gasteiger partial charge in [-0.05, 0) is 19.8 Å². The van der Waals surface area contributed by atoms with Gasteiger partial charge in [0.15, 0.2) is 0 Å². The number of rotatable bonds is 7. The summed E-state index contributed by atoms with van der Waals surface area (Å²) < 4.78 is 33.1. The molecule has 1 aliphatic carbocycles. The maximum atomic E-state index is 12.0. The van der Waals surface area contributed by atoms with Gasteiger partial charge in [0.2, 0.25) is 10.0 Å². The molecule has 2 N–H and O–H groups in total. The zero-order valence-corrected chi connectivity index (χ0v) is 11.8. The molecule has 0 spiro atoms. The summed E-state index contributed by atoms with van der Waals surface area (Å²) in [5.41, 5.74) is 0. The summed E-state index contributed by atoms with van der Waals surface area (Å²) >= 11 is 0. The number of aliphatic carboxylic acids is 1. The van der Waals surface area contributed by atoms with Crippen molar-refractivity contribution in [2.45, 2.75) is 43.4 Å². The maximum Gasteiger partial charge on any atom is 0.325 e. The van der Waals surface area contributed by atoms with E-state index in [0.29, 0.717) is 19.4 Å². The molecule has 0 atom stereocenters. The van der Waals surface area contributed by atoms with E-state index in [1.54, 1.807) is 0 Å². The number of ether oxygens (including phenoxy) is 1. The van der Waals surface area contributed by atoms with Crippen LogP contribution in [-0.4, -0.2) is 48.0 Å². The van der Waals surface area contributed by atoms with Crippen LogP contribution in [-0.2, 0) is 26.1 Å². The van der Waals surface area contributed by atoms with E-state index in [-0.39, 0.29) is 23.6 Å². The van der Waals surface area contributed by atoms with Crippen LogP contribution in [0.1, 0.15) is 19.8 Å². The predicted molar refractivity (Wildman–Crippen MR) is 68.6 cm³/mol. The molecule has 112 valence electrons. The first-order valence-electron chi connectivity index (χ1n) is 6.29. The van der Waals surface area contributed by atoms with E-state index in [1.165, 1.54) is 6.20 Å². The fourth-order valence-corrected chi connectivity index (χ4v) is 3.24. The van der Waals surface area contributed by atoms with Crippen molar-refractivity contribution in [2.24, 2.45) is 0 Å². The third-order valence-electron chi connectivity index (χ3n) is 3.04. The van der Waals surface area contributed by atoms with E-state index < -0.39 is 16.0 Å². The highest BCUT2D eigenvalue weighted by atomic mass is 32.2. The van der Waals surface area contributed by atoms with Gasteiger partial charge in [0, 0.05) is 18.8 Å². The molecule has 1 saturated carbocycles. The zero-order chi connectivity index (χ0) is 14.8. The summed E-state index contributed by atoms with van der Waals surface area (Å²) in [4.78, 5) is 10.5. The zero-order valence-electron chi connectivity index (χ0n) is 11.0. The molecule has 1 aromatic rings. The van der Waals surface area contributed by atoms with Crippen molar-refractivity contribution in [1.82, 2.24) is 14.5 Å². The van der Waals surface area contributed by atoms with E-state index in [4.69, 9.17) is 9.84 Å². The second-order valence-electron chi connectivity index (χ2n) is 4.63. The lowest BCUT2D eigenvalue weighted by Crippen LogP contribution is -2.47. The Balaban J connectivity index is 1.94. The molecule has 9 heteroatoms. The van der Waals surface area contributed by atoms with Crippen LogP contribution < -0.4 is 4.72 Å². The molecule has 0 aromatic carbocycles. The van der Waals surface area contributed by atoms with Gasteiger partial charge in [-0.2, -0.15) is 5.10 Å². The van der Waals surface area contributed by atoms with Gasteiger partial charge in [-0.3, -0.25) is 9.48 Å². The van der Waals surface area contributed by atoms with Crippen LogP contribution in [0.2, 0.25) is 0 Å². The summed E-state index contributed by atoms with van der Waals surface area (Å²) in [7, 11) is -3.66. The summed E-state index contributed by atoms with van der Waals surface area (Å²) in [6, 6.07) is -0.139. The minimum absolute atomic E-state index is 0.0291. The van der Waals surface area contributed by atoms with E-state index in [1.807, 2.05) is 6.92 Å². The molecule has 1 fully saturated rings. The molecule has 20 heavy (non-hydrogen) atoms. The summed E-state index contributed by atoms with van der Waals surface area (Å²) in [6.45, 7) is 2.14. The number of nitrogens with zero attached hydrogens (tertiary/aromatic N) is 2. The Labute approximate surface area is 116 Å². The Morgan fingerprint density at radius 1 is 1.60 bits per heavy atom. The number of carboxylic acid groups (broad SMARTS) is 1. The van der Waals surface area contributed by atoms with Crippen LogP contribution in [0.3, 0.4) is 0 Å². The Hall–Kier alpha value is -1.45. The van der Waals surface area contributed by atoms with Crippen molar-refractivity contribution in [2.75, 3.05) is 6.61 Å². The molecule has 0 unspecified atom stereocenters. The Bertz CT molecular complexity index is 577. The number of hydrogen-bond acceptors (Lipinski definition) is 5. The highest BCUT2D eigenvalue weighted by Gasteiger charge is 2.33. The highest BCUT2D eigenvalue weighted by molar-refractivity contribution is 7.89. The molecular weight excluding hydrogens is 286 g/mol. The van der Waals surface area contributed by atoms with Crippen LogP contribution >= 0.6 is 0 Å². The van der Waals surface area contributed by atoms with Gasteiger partial charge in [0.05, 0.1) is 12.3 Å². The molecule has 0 aliphatic heterocycles. The Kier molecular flexibility index (Phi) is 4.41. The van der Waals surface area contributed by atoms with Gasteiger partial charge < -0.3 is 9.84 Å². The quantitative estimate of drug-likeness (QED) is 0.722. The summed E-state index contributed by atoms with van der Waals surface area (Å²) in [5.74, 6) is -1.08. The monoisotopic (exact) mass is 303 g/mol. The average molecular weight is 303 g/mol. The van der Waals surface area contributed by atoms with Crippen molar-refractivity contribution >= 4 is 16.0 Å². The fourth-order valence-electron chi connectivity index (χ4n) is 2.03. The van der Waals surface area contributed by atoms with Crippen molar-refractivity contribution in [3.63, 3.8) is 0 Å². The number of carboxylic acids is 1. The number of sulfonamides is 1. The molecule has 1 aliphatic rings. The predicted octanol–water partition coefficient (Wildman–Crippen LogP) is -0.186. The van der Waals surface area contributed by atoms with Gasteiger partial charge in [0.25, 0.3) is 0 Å². The van der Waals surface area contributed by atoms with Crippen LogP contribution in [0.5, 0.6) is 0 Å². The Morgan fingerprint density at radius 2 is 2.30 bits per heavy atom. The lowest BCUT2D eigenvalue weighted by Gasteiger charge is -2.34. The molecule has 1 aromatic heterocycles. The smallest absolute Gasteiger partial charge is 0.325 e. The maximum absolute atomic E-state index is 12.0. The lowest BCUT2D eigenvalue weighted by molar-refractivity contribution is -0.137. The molecule has 1 heterocycles. The van der Waals surface area contributed by atoms with Crippen LogP contribution in [0, 0.1) is 0 Å². The minimum Gasteiger partial charge on any atom is -0.480 e. The fraction of sp³-hybridized carbons (Fsp3) is 0.636. The Morgan fingerprint density at radius 3 is 2.90 bits per heavy atom. The minimum atomic E-state index is -3.66. The molecule has 0 radical (unpaired) electrons. The van der Waals surface area contributed by atoms with Crippen LogP contribution in [0.4, 0.5) is 0 Å². The number of carbonyl (C=O) groups is 1. The summed E-state index contributed by atoms with van der Waals surface area (Å²) in [5, 5.41) is 12.3. The van der Waals surface area contributed by atoms with Gasteiger partial charge >= 0.3 is 5.97 Å². The average Bonchev–Trinajstić information content (AvgIpc) is 2.74. The molecular formula is C11H17N3O5S. The normalized spacial score (nSPS) is 22.4. The lowest BCUT2D eigenvalue weighted by atomic mass is 9.90. The van der Waals surface area contributed by atoms with Crippen molar-refractivity contribution in [3.05, 3.63) is 12.4 Å². The number of aromatic nitrogens is 2. The van der Waals surface area contributed by atoms with Crippen LogP contribution in [0.15, 0.2) is 17.3 Å². The number of hydrogen-bond donors (Lipinski definition) is 2. The van der Waals surface area contributed by atoms with Crippen LogP contribution in [0.25, 0.3) is 0 Å². The SMILES string of the molecule is CCOC1CC(NS(=O)(=O)c2cnn(CC(=O)O)c2)C1. The summed E-state index contributed by atoms with van der Waals surface area (Å²) in [6.07, 6.45) is 3.76. The van der Waals surface area contributed by atoms with Gasteiger partial charge in [-0.15, -0.1) is 0 Å². The second kappa shape index (κ2) is 5.90. The van der Waals surface area contributed by atoms with Gasteiger partial charge in [-0.25, -0.2) is 13.1 Å². The first kappa shape index (κ1) is 14.9. The van der Waals surface area contributed by atoms with Crippen molar-refractivity contribution in [3.8, 4) is 0 Å². The van der Waals surface area contributed by atoms with E-state index >= 15 is 0 Å². The van der Waals surface area contributed by atoms with Crippen molar-refractivity contribution < 1.29 is 23.1 Å². The van der Waals surface area contributed by atoms with Crippen molar-refractivity contribution in [1.29, 1.82) is 0 Å². The van der Waals surface area contributed by atoms with Gasteiger partial charge in [-0.1, -0.05) is 0 Å². The largest absolute Gasteiger partial charge is 0.480 e. The molecule has 0 bridgehead atoms. The first-order valence-corrected chi connectivity index (χ1v) is 7.77. The molecule has 2 rings (SSSR count). The molecule has 0 saturated heterocycles. The van der Waals surface area contributed by atoms with E-state index in [0.717, 1.165) is 10.9 Å². The topological polar surface area (TPSA) is 111 Å². The third-order valence-corrected chi connectivity index (χ3v) is 4.51.